The van der Waals surface area contributed by atoms with E-state index in [-0.39, 0.29) is 26.6 Å². The molecule has 0 atom stereocenters. The van der Waals surface area contributed by atoms with Crippen molar-refractivity contribution in [3.8, 4) is 5.75 Å². The second-order valence-corrected chi connectivity index (χ2v) is 6.38. The highest BCUT2D eigenvalue weighted by molar-refractivity contribution is 6.46. The molecule has 2 rings (SSSR count). The van der Waals surface area contributed by atoms with Gasteiger partial charge in [-0.05, 0) is 36.2 Å². The van der Waals surface area contributed by atoms with Crippen molar-refractivity contribution in [1.29, 1.82) is 0 Å². The number of hydrogen-bond donors (Lipinski definition) is 2. The first-order valence-electron chi connectivity index (χ1n) is 7.80. The van der Waals surface area contributed by atoms with Gasteiger partial charge in [-0.25, -0.2) is 10.4 Å². The fourth-order valence-corrected chi connectivity index (χ4v) is 2.48. The standard InChI is InChI=1S/C17H17Cl3N4O2/c1-2-3-8-26-11-6-4-10(5-7-11)9-22-24-17(25)15-12(18)14(21)13(19)16(20)23-15/h4-7,9H,2-3,8H2,1H3,(H2,21,23)(H,24,25). The second-order valence-electron chi connectivity index (χ2n) is 5.26. The van der Waals surface area contributed by atoms with Crippen LogP contribution in [-0.2, 0) is 0 Å². The van der Waals surface area contributed by atoms with Crippen molar-refractivity contribution in [3.63, 3.8) is 0 Å². The zero-order valence-corrected chi connectivity index (χ0v) is 16.2. The molecule has 0 bridgehead atoms. The van der Waals surface area contributed by atoms with Gasteiger partial charge in [0.15, 0.2) is 10.8 Å². The minimum absolute atomic E-state index is 0.00189. The first kappa shape index (κ1) is 20.3. The van der Waals surface area contributed by atoms with Gasteiger partial charge in [-0.3, -0.25) is 4.79 Å². The molecule has 0 saturated heterocycles. The fourth-order valence-electron chi connectivity index (χ4n) is 1.88. The third kappa shape index (κ3) is 5.24. The average molecular weight is 416 g/mol. The lowest BCUT2D eigenvalue weighted by Crippen LogP contribution is -2.20. The first-order chi connectivity index (χ1) is 12.4. The van der Waals surface area contributed by atoms with Crippen molar-refractivity contribution >= 4 is 52.6 Å². The lowest BCUT2D eigenvalue weighted by atomic mass is 10.2. The van der Waals surface area contributed by atoms with E-state index in [0.717, 1.165) is 24.2 Å². The number of nitrogens with one attached hydrogen (secondary N) is 1. The van der Waals surface area contributed by atoms with Crippen LogP contribution in [0.5, 0.6) is 5.75 Å². The Morgan fingerprint density at radius 3 is 2.62 bits per heavy atom. The molecule has 0 aliphatic carbocycles. The molecule has 2 aromatic rings. The molecule has 1 aromatic heterocycles. The summed E-state index contributed by atoms with van der Waals surface area (Å²) in [6, 6.07) is 7.30. The van der Waals surface area contributed by atoms with E-state index in [4.69, 9.17) is 45.3 Å². The third-order valence-electron chi connectivity index (χ3n) is 3.31. The predicted octanol–water partition coefficient (Wildman–Crippen LogP) is 4.57. The molecule has 26 heavy (non-hydrogen) atoms. The number of pyridine rings is 1. The number of halogens is 3. The summed E-state index contributed by atoms with van der Waals surface area (Å²) in [4.78, 5) is 15.9. The summed E-state index contributed by atoms with van der Waals surface area (Å²) in [6.07, 6.45) is 3.56. The van der Waals surface area contributed by atoms with Crippen molar-refractivity contribution in [3.05, 3.63) is 50.7 Å². The number of nitrogens with zero attached hydrogens (tertiary/aromatic N) is 2. The lowest BCUT2D eigenvalue weighted by Gasteiger charge is -2.07. The van der Waals surface area contributed by atoms with E-state index < -0.39 is 5.91 Å². The van der Waals surface area contributed by atoms with Gasteiger partial charge < -0.3 is 10.5 Å². The average Bonchev–Trinajstić information content (AvgIpc) is 2.64. The van der Waals surface area contributed by atoms with Crippen LogP contribution in [0.25, 0.3) is 0 Å². The SMILES string of the molecule is CCCCOc1ccc(C=NNC(=O)c2nc(Cl)c(Cl)c(N)c2Cl)cc1. The highest BCUT2D eigenvalue weighted by atomic mass is 35.5. The van der Waals surface area contributed by atoms with Crippen LogP contribution >= 0.6 is 34.8 Å². The van der Waals surface area contributed by atoms with Crippen molar-refractivity contribution < 1.29 is 9.53 Å². The summed E-state index contributed by atoms with van der Waals surface area (Å²) in [6.45, 7) is 2.78. The monoisotopic (exact) mass is 414 g/mol. The molecule has 138 valence electrons. The molecule has 0 radical (unpaired) electrons. The van der Waals surface area contributed by atoms with Crippen LogP contribution < -0.4 is 15.9 Å². The summed E-state index contributed by atoms with van der Waals surface area (Å²) in [5.74, 6) is 0.123. The zero-order chi connectivity index (χ0) is 19.1. The van der Waals surface area contributed by atoms with Gasteiger partial charge in [-0.1, -0.05) is 48.1 Å². The van der Waals surface area contributed by atoms with E-state index in [1.807, 2.05) is 24.3 Å². The number of nitrogens with two attached hydrogens (primary N) is 1. The highest BCUT2D eigenvalue weighted by Crippen LogP contribution is 2.34. The number of aromatic nitrogens is 1. The van der Waals surface area contributed by atoms with E-state index in [2.05, 4.69) is 22.4 Å². The topological polar surface area (TPSA) is 89.6 Å². The van der Waals surface area contributed by atoms with E-state index >= 15 is 0 Å². The van der Waals surface area contributed by atoms with E-state index in [1.54, 1.807) is 0 Å². The molecule has 6 nitrogen and oxygen atoms in total. The maximum atomic E-state index is 12.1. The number of hydrogen-bond acceptors (Lipinski definition) is 5. The van der Waals surface area contributed by atoms with Crippen LogP contribution in [0.3, 0.4) is 0 Å². The van der Waals surface area contributed by atoms with Gasteiger partial charge in [0.05, 0.1) is 23.5 Å². The molecule has 0 unspecified atom stereocenters. The van der Waals surface area contributed by atoms with Crippen LogP contribution in [0, 0.1) is 0 Å². The van der Waals surface area contributed by atoms with Crippen LogP contribution in [-0.4, -0.2) is 23.7 Å². The van der Waals surface area contributed by atoms with Crippen molar-refractivity contribution in [1.82, 2.24) is 10.4 Å². The number of carbonyl (C=O) groups is 1. The Bertz CT molecular complexity index is 811. The Balaban J connectivity index is 1.99. The summed E-state index contributed by atoms with van der Waals surface area (Å²) < 4.78 is 5.57. The van der Waals surface area contributed by atoms with Crippen molar-refractivity contribution in [2.45, 2.75) is 19.8 Å². The smallest absolute Gasteiger partial charge is 0.291 e. The van der Waals surface area contributed by atoms with Crippen LogP contribution in [0.1, 0.15) is 35.8 Å². The Labute approximate surface area is 166 Å². The number of nitrogen functional groups attached to an aromatic ring is 1. The molecule has 1 aromatic carbocycles. The Hall–Kier alpha value is -2.02. The fraction of sp³-hybridized carbons (Fsp3) is 0.235. The molecule has 0 fully saturated rings. The van der Waals surface area contributed by atoms with Gasteiger partial charge in [-0.2, -0.15) is 5.10 Å². The van der Waals surface area contributed by atoms with Crippen LogP contribution in [0.15, 0.2) is 29.4 Å². The molecule has 1 heterocycles. The first-order valence-corrected chi connectivity index (χ1v) is 8.93. The quantitative estimate of drug-likeness (QED) is 0.300. The molecule has 3 N–H and O–H groups in total. The summed E-state index contributed by atoms with van der Waals surface area (Å²) in [5, 5.41) is 3.67. The predicted molar refractivity (Wildman–Crippen MR) is 106 cm³/mol. The number of amides is 1. The number of unbranched alkanes of at least 4 members (excludes halogenated alkanes) is 1. The maximum Gasteiger partial charge on any atom is 0.291 e. The number of rotatable bonds is 7. The lowest BCUT2D eigenvalue weighted by molar-refractivity contribution is 0.0950. The van der Waals surface area contributed by atoms with Crippen LogP contribution in [0.4, 0.5) is 5.69 Å². The molecule has 0 spiro atoms. The number of ether oxygens (including phenoxy) is 1. The number of carbonyl (C=O) groups excluding carboxylic acids is 1. The number of benzene rings is 1. The summed E-state index contributed by atoms with van der Waals surface area (Å²) >= 11 is 17.6. The Kier molecular flexibility index (Phi) is 7.50. The van der Waals surface area contributed by atoms with Crippen LogP contribution in [0.2, 0.25) is 15.2 Å². The van der Waals surface area contributed by atoms with Gasteiger partial charge >= 0.3 is 0 Å². The third-order valence-corrected chi connectivity index (χ3v) is 4.45. The molecule has 0 saturated carbocycles. The van der Waals surface area contributed by atoms with Crippen molar-refractivity contribution in [2.24, 2.45) is 5.10 Å². The minimum Gasteiger partial charge on any atom is -0.494 e. The Morgan fingerprint density at radius 1 is 1.27 bits per heavy atom. The summed E-state index contributed by atoms with van der Waals surface area (Å²) in [5.41, 5.74) is 8.60. The number of hydrazone groups is 1. The van der Waals surface area contributed by atoms with E-state index in [1.165, 1.54) is 6.21 Å². The normalized spacial score (nSPS) is 10.9. The minimum atomic E-state index is -0.656. The van der Waals surface area contributed by atoms with Gasteiger partial charge in [0, 0.05) is 0 Å². The highest BCUT2D eigenvalue weighted by Gasteiger charge is 2.19. The van der Waals surface area contributed by atoms with Gasteiger partial charge in [0.25, 0.3) is 5.91 Å². The number of anilines is 1. The van der Waals surface area contributed by atoms with Gasteiger partial charge in [-0.15, -0.1) is 0 Å². The second kappa shape index (κ2) is 9.62. The largest absolute Gasteiger partial charge is 0.494 e. The molecule has 0 aliphatic heterocycles. The molecular weight excluding hydrogens is 399 g/mol. The Morgan fingerprint density at radius 2 is 1.96 bits per heavy atom. The van der Waals surface area contributed by atoms with E-state index in [0.29, 0.717) is 6.61 Å². The molecular formula is C17H17Cl3N4O2. The van der Waals surface area contributed by atoms with Gasteiger partial charge in [0.1, 0.15) is 10.8 Å². The summed E-state index contributed by atoms with van der Waals surface area (Å²) in [7, 11) is 0. The molecule has 9 heteroatoms. The van der Waals surface area contributed by atoms with E-state index in [9.17, 15) is 4.79 Å². The maximum absolute atomic E-state index is 12.1. The zero-order valence-electron chi connectivity index (χ0n) is 13.9. The molecule has 1 amide bonds. The molecule has 0 aliphatic rings. The van der Waals surface area contributed by atoms with Gasteiger partial charge in [0.2, 0.25) is 0 Å². The van der Waals surface area contributed by atoms with Crippen molar-refractivity contribution in [2.75, 3.05) is 12.3 Å².